The summed E-state index contributed by atoms with van der Waals surface area (Å²) in [4.78, 5) is 46.4. The van der Waals surface area contributed by atoms with Gasteiger partial charge in [-0.25, -0.2) is 20.6 Å². The molecule has 0 fully saturated rings. The molecule has 1 aliphatic carbocycles. The predicted molar refractivity (Wildman–Crippen MR) is 132 cm³/mol. The molecule has 1 unspecified atom stereocenters. The van der Waals surface area contributed by atoms with Crippen LogP contribution in [0.1, 0.15) is 50.2 Å². The Balaban J connectivity index is 1.77. The van der Waals surface area contributed by atoms with E-state index in [0.29, 0.717) is 34.1 Å². The lowest BCUT2D eigenvalue weighted by atomic mass is 10.00. The summed E-state index contributed by atoms with van der Waals surface area (Å²) in [5.74, 6) is 6.00. The van der Waals surface area contributed by atoms with Crippen LogP contribution in [0.3, 0.4) is 0 Å². The molecule has 4 N–H and O–H groups in total. The molecule has 1 atom stereocenters. The van der Waals surface area contributed by atoms with E-state index in [2.05, 4.69) is 34.4 Å². The Labute approximate surface area is 203 Å². The molecule has 10 heteroatoms. The number of ether oxygens (including phenoxy) is 1. The SMILES string of the molecule is CC(=O)N(N)c1cc(-c2[nH]c3c(c2NC2=CCC(C)C=C2)C(=O)CN(C(=O)OC(C)C)C3)ccn1. The highest BCUT2D eigenvalue weighted by atomic mass is 16.6. The van der Waals surface area contributed by atoms with Crippen molar-refractivity contribution in [3.8, 4) is 11.3 Å². The number of aromatic amines is 1. The summed E-state index contributed by atoms with van der Waals surface area (Å²) < 4.78 is 5.30. The molecule has 2 amide bonds. The number of rotatable bonds is 5. The molecule has 3 heterocycles. The molecule has 0 saturated heterocycles. The van der Waals surface area contributed by atoms with Crippen molar-refractivity contribution in [2.24, 2.45) is 11.8 Å². The first-order valence-corrected chi connectivity index (χ1v) is 11.5. The molecule has 4 rings (SSSR count). The van der Waals surface area contributed by atoms with Gasteiger partial charge < -0.3 is 15.0 Å². The van der Waals surface area contributed by atoms with Gasteiger partial charge in [0, 0.05) is 30.1 Å². The first-order chi connectivity index (χ1) is 16.6. The fraction of sp³-hybridized carbons (Fsp3) is 0.360. The van der Waals surface area contributed by atoms with Gasteiger partial charge >= 0.3 is 6.09 Å². The van der Waals surface area contributed by atoms with Crippen LogP contribution in [0.2, 0.25) is 0 Å². The number of fused-ring (bicyclic) bond motifs is 1. The number of hydrogen-bond donors (Lipinski definition) is 3. The standard InChI is InChI=1S/C25H30N6O4/c1-14(2)35-25(34)30-12-19-22(20(33)13-30)24(28-18-7-5-15(3)6-8-18)23(29-19)17-9-10-27-21(11-17)31(26)16(4)32/h5,7-11,14-15,28-29H,6,12-13,26H2,1-4H3. The van der Waals surface area contributed by atoms with E-state index in [1.165, 1.54) is 11.8 Å². The van der Waals surface area contributed by atoms with Crippen LogP contribution < -0.4 is 16.2 Å². The highest BCUT2D eigenvalue weighted by Crippen LogP contribution is 2.38. The molecule has 0 radical (unpaired) electrons. The van der Waals surface area contributed by atoms with Crippen molar-refractivity contribution in [2.45, 2.75) is 46.8 Å². The van der Waals surface area contributed by atoms with Gasteiger partial charge in [-0.05, 0) is 44.4 Å². The number of H-pyrrole nitrogens is 1. The third-order valence-corrected chi connectivity index (χ3v) is 5.84. The van der Waals surface area contributed by atoms with E-state index in [0.717, 1.165) is 17.1 Å². The number of aromatic nitrogens is 2. The predicted octanol–water partition coefficient (Wildman–Crippen LogP) is 3.74. The molecular weight excluding hydrogens is 448 g/mol. The number of Topliss-reactive ketones (excluding diaryl/α,β-unsaturated/α-hetero) is 1. The second kappa shape index (κ2) is 9.75. The van der Waals surface area contributed by atoms with Crippen molar-refractivity contribution in [3.63, 3.8) is 0 Å². The van der Waals surface area contributed by atoms with Gasteiger partial charge in [0.1, 0.15) is 5.82 Å². The van der Waals surface area contributed by atoms with Crippen molar-refractivity contribution in [1.29, 1.82) is 0 Å². The van der Waals surface area contributed by atoms with Crippen molar-refractivity contribution in [1.82, 2.24) is 14.9 Å². The molecule has 0 spiro atoms. The van der Waals surface area contributed by atoms with Crippen LogP contribution in [0.5, 0.6) is 0 Å². The maximum absolute atomic E-state index is 13.3. The maximum atomic E-state index is 13.3. The van der Waals surface area contributed by atoms with Gasteiger partial charge in [-0.3, -0.25) is 14.5 Å². The summed E-state index contributed by atoms with van der Waals surface area (Å²) in [6, 6.07) is 3.44. The fourth-order valence-electron chi connectivity index (χ4n) is 4.06. The summed E-state index contributed by atoms with van der Waals surface area (Å²) in [7, 11) is 0. The van der Waals surface area contributed by atoms with Crippen LogP contribution in [-0.4, -0.2) is 45.3 Å². The first-order valence-electron chi connectivity index (χ1n) is 11.5. The van der Waals surface area contributed by atoms with Crippen LogP contribution in [0, 0.1) is 5.92 Å². The zero-order chi connectivity index (χ0) is 25.3. The number of carbonyl (C=O) groups is 3. The Hall–Kier alpha value is -3.92. The van der Waals surface area contributed by atoms with Gasteiger partial charge in [-0.1, -0.05) is 19.1 Å². The molecule has 0 bridgehead atoms. The minimum Gasteiger partial charge on any atom is -0.447 e. The number of ketones is 1. The van der Waals surface area contributed by atoms with Crippen LogP contribution in [0.25, 0.3) is 11.3 Å². The molecule has 0 aromatic carbocycles. The second-order valence-corrected chi connectivity index (χ2v) is 9.09. The minimum absolute atomic E-state index is 0.0844. The van der Waals surface area contributed by atoms with E-state index in [-0.39, 0.29) is 36.7 Å². The average Bonchev–Trinajstić information content (AvgIpc) is 3.18. The number of hydrogen-bond acceptors (Lipinski definition) is 7. The largest absolute Gasteiger partial charge is 0.447 e. The van der Waals surface area contributed by atoms with E-state index in [9.17, 15) is 14.4 Å². The van der Waals surface area contributed by atoms with E-state index in [1.54, 1.807) is 32.2 Å². The van der Waals surface area contributed by atoms with Crippen molar-refractivity contribution >= 4 is 29.3 Å². The Morgan fingerprint density at radius 1 is 1.34 bits per heavy atom. The first kappa shape index (κ1) is 24.2. The Kier molecular flexibility index (Phi) is 6.74. The summed E-state index contributed by atoms with van der Waals surface area (Å²) in [6.07, 6.45) is 7.78. The van der Waals surface area contributed by atoms with Crippen LogP contribution in [-0.2, 0) is 16.1 Å². The number of hydrazine groups is 1. The van der Waals surface area contributed by atoms with Gasteiger partial charge in [0.05, 0.1) is 36.1 Å². The van der Waals surface area contributed by atoms with Crippen molar-refractivity contribution < 1.29 is 19.1 Å². The molecule has 0 saturated carbocycles. The van der Waals surface area contributed by atoms with E-state index >= 15 is 0 Å². The average molecular weight is 479 g/mol. The highest BCUT2D eigenvalue weighted by molar-refractivity contribution is 6.09. The van der Waals surface area contributed by atoms with Crippen molar-refractivity contribution in [3.05, 3.63) is 53.5 Å². The zero-order valence-electron chi connectivity index (χ0n) is 20.3. The molecule has 2 aliphatic rings. The third kappa shape index (κ3) is 5.12. The second-order valence-electron chi connectivity index (χ2n) is 9.09. The molecule has 2 aromatic heterocycles. The number of nitrogens with two attached hydrogens (primary N) is 1. The Morgan fingerprint density at radius 3 is 2.77 bits per heavy atom. The number of anilines is 2. The van der Waals surface area contributed by atoms with Gasteiger partial charge in [0.2, 0.25) is 5.91 Å². The topological polar surface area (TPSA) is 134 Å². The number of nitrogens with one attached hydrogen (secondary N) is 2. The van der Waals surface area contributed by atoms with Crippen molar-refractivity contribution in [2.75, 3.05) is 16.9 Å². The number of amides is 2. The number of pyridine rings is 1. The molecule has 10 nitrogen and oxygen atoms in total. The number of carbonyl (C=O) groups excluding carboxylic acids is 3. The van der Waals surface area contributed by atoms with Gasteiger partial charge in [-0.15, -0.1) is 0 Å². The number of nitrogens with zero attached hydrogens (tertiary/aromatic N) is 3. The number of allylic oxidation sites excluding steroid dienone is 3. The monoisotopic (exact) mass is 478 g/mol. The quantitative estimate of drug-likeness (QED) is 0.339. The molecule has 35 heavy (non-hydrogen) atoms. The molecule has 1 aliphatic heterocycles. The minimum atomic E-state index is -0.539. The molecule has 2 aromatic rings. The lowest BCUT2D eigenvalue weighted by Crippen LogP contribution is -2.40. The van der Waals surface area contributed by atoms with Gasteiger partial charge in [-0.2, -0.15) is 0 Å². The van der Waals surface area contributed by atoms with Crippen LogP contribution in [0.4, 0.5) is 16.3 Å². The maximum Gasteiger partial charge on any atom is 0.410 e. The molecule has 184 valence electrons. The smallest absolute Gasteiger partial charge is 0.410 e. The van der Waals surface area contributed by atoms with E-state index in [1.807, 2.05) is 6.08 Å². The normalized spacial score (nSPS) is 17.2. The summed E-state index contributed by atoms with van der Waals surface area (Å²) in [5.41, 5.74) is 3.89. The van der Waals surface area contributed by atoms with Gasteiger partial charge in [0.25, 0.3) is 0 Å². The summed E-state index contributed by atoms with van der Waals surface area (Å²) in [5, 5.41) is 4.37. The fourth-order valence-corrected chi connectivity index (χ4v) is 4.06. The molecular formula is C25H30N6O4. The van der Waals surface area contributed by atoms with E-state index < -0.39 is 6.09 Å². The lowest BCUT2D eigenvalue weighted by molar-refractivity contribution is -0.116. The zero-order valence-corrected chi connectivity index (χ0v) is 20.3. The van der Waals surface area contributed by atoms with Gasteiger partial charge in [0.15, 0.2) is 5.78 Å². The van der Waals surface area contributed by atoms with Crippen LogP contribution >= 0.6 is 0 Å². The summed E-state index contributed by atoms with van der Waals surface area (Å²) in [6.45, 7) is 7.12. The third-order valence-electron chi connectivity index (χ3n) is 5.84. The Bertz CT molecular complexity index is 1230. The van der Waals surface area contributed by atoms with Crippen LogP contribution in [0.15, 0.2) is 42.3 Å². The lowest BCUT2D eigenvalue weighted by Gasteiger charge is -2.26. The summed E-state index contributed by atoms with van der Waals surface area (Å²) >= 11 is 0. The van der Waals surface area contributed by atoms with E-state index in [4.69, 9.17) is 10.6 Å². The Morgan fingerprint density at radius 2 is 2.11 bits per heavy atom. The highest BCUT2D eigenvalue weighted by Gasteiger charge is 2.34.